The first-order valence-corrected chi connectivity index (χ1v) is 24.7. The van der Waals surface area contributed by atoms with Crippen LogP contribution < -0.4 is 0 Å². The Morgan fingerprint density at radius 2 is 0.800 bits per heavy atom. The molecule has 4 nitrogen and oxygen atoms in total. The van der Waals surface area contributed by atoms with Crippen LogP contribution in [0.2, 0.25) is 17.7 Å². The molecule has 0 bridgehead atoms. The predicted octanol–water partition coefficient (Wildman–Crippen LogP) is 6.84. The first-order chi connectivity index (χ1) is 14.6. The minimum absolute atomic E-state index is 0.315. The molecule has 0 aromatic carbocycles. The molecule has 0 aromatic rings. The van der Waals surface area contributed by atoms with Crippen LogP contribution in [-0.4, -0.2) is 52.3 Å². The molecular formula is C24H48O4Sn2. The number of unbranched alkanes of at least 4 members (excludes halogenated alkanes) is 8. The summed E-state index contributed by atoms with van der Waals surface area (Å²) in [5.74, 6) is -0.631. The van der Waals surface area contributed by atoms with Gasteiger partial charge >= 0.3 is 203 Å². The number of rotatable bonds is 20. The molecule has 0 fully saturated rings. The number of carbonyl (C=O) groups excluding carboxylic acids is 2. The zero-order chi connectivity index (χ0) is 22.5. The predicted molar refractivity (Wildman–Crippen MR) is 133 cm³/mol. The van der Waals surface area contributed by atoms with Crippen molar-refractivity contribution in [3.63, 3.8) is 0 Å². The van der Waals surface area contributed by atoms with Gasteiger partial charge in [-0.2, -0.15) is 0 Å². The Labute approximate surface area is 201 Å². The normalized spacial score (nSPS) is 11.5. The van der Waals surface area contributed by atoms with E-state index in [0.29, 0.717) is 0 Å². The van der Waals surface area contributed by atoms with Gasteiger partial charge in [-0.3, -0.25) is 0 Å². The quantitative estimate of drug-likeness (QED) is 0.0834. The molecular weight excluding hydrogens is 590 g/mol. The van der Waals surface area contributed by atoms with Gasteiger partial charge < -0.3 is 0 Å². The van der Waals surface area contributed by atoms with Crippen molar-refractivity contribution in [1.29, 1.82) is 0 Å². The molecule has 0 rings (SSSR count). The average molecular weight is 638 g/mol. The van der Waals surface area contributed by atoms with Crippen LogP contribution in [0, 0.1) is 0 Å². The molecule has 0 spiro atoms. The van der Waals surface area contributed by atoms with E-state index >= 15 is 0 Å². The SMILES string of the molecule is CCCC[CH2][SnH]([CH2]CCCC)[O]C(=O)/C=C\C(=O)[O][SnH]([CH2]CCCC)[CH2]CCCC. The summed E-state index contributed by atoms with van der Waals surface area (Å²) in [6, 6.07) is 0. The van der Waals surface area contributed by atoms with Crippen LogP contribution in [0.5, 0.6) is 0 Å². The summed E-state index contributed by atoms with van der Waals surface area (Å²) in [6.45, 7) is 8.80. The van der Waals surface area contributed by atoms with Gasteiger partial charge in [0.05, 0.1) is 0 Å². The van der Waals surface area contributed by atoms with E-state index in [4.69, 9.17) is 6.15 Å². The van der Waals surface area contributed by atoms with Crippen molar-refractivity contribution < 1.29 is 15.7 Å². The molecule has 0 atom stereocenters. The van der Waals surface area contributed by atoms with Crippen LogP contribution in [-0.2, 0) is 15.7 Å². The van der Waals surface area contributed by atoms with Gasteiger partial charge in [-0.25, -0.2) is 0 Å². The average Bonchev–Trinajstić information content (AvgIpc) is 2.72. The van der Waals surface area contributed by atoms with Gasteiger partial charge in [0.2, 0.25) is 0 Å². The molecule has 0 saturated carbocycles. The monoisotopic (exact) mass is 640 g/mol. The molecule has 0 saturated heterocycles. The van der Waals surface area contributed by atoms with Crippen LogP contribution in [0.3, 0.4) is 0 Å². The Bertz CT molecular complexity index is 394. The van der Waals surface area contributed by atoms with Gasteiger partial charge in [-0.1, -0.05) is 0 Å². The van der Waals surface area contributed by atoms with Crippen molar-refractivity contribution in [2.45, 2.75) is 122 Å². The Kier molecular flexibility index (Phi) is 22.7. The van der Waals surface area contributed by atoms with E-state index in [1.807, 2.05) is 0 Å². The van der Waals surface area contributed by atoms with Crippen molar-refractivity contribution in [2.24, 2.45) is 0 Å². The summed E-state index contributed by atoms with van der Waals surface area (Å²) in [4.78, 5) is 24.6. The second-order valence-electron chi connectivity index (χ2n) is 8.43. The molecule has 0 heterocycles. The van der Waals surface area contributed by atoms with Crippen LogP contribution in [0.4, 0.5) is 0 Å². The van der Waals surface area contributed by atoms with Crippen molar-refractivity contribution in [3.05, 3.63) is 12.2 Å². The summed E-state index contributed by atoms with van der Waals surface area (Å²) >= 11 is -4.57. The fourth-order valence-corrected chi connectivity index (χ4v) is 17.4. The summed E-state index contributed by atoms with van der Waals surface area (Å²) < 4.78 is 16.2. The van der Waals surface area contributed by atoms with Crippen molar-refractivity contribution in [2.75, 3.05) is 0 Å². The molecule has 30 heavy (non-hydrogen) atoms. The van der Waals surface area contributed by atoms with Crippen LogP contribution >= 0.6 is 0 Å². The van der Waals surface area contributed by atoms with Gasteiger partial charge in [0.1, 0.15) is 0 Å². The van der Waals surface area contributed by atoms with Gasteiger partial charge in [-0.05, 0) is 0 Å². The first kappa shape index (κ1) is 30.3. The molecule has 0 amide bonds. The van der Waals surface area contributed by atoms with Gasteiger partial charge in [-0.15, -0.1) is 0 Å². The Morgan fingerprint density at radius 1 is 0.533 bits per heavy atom. The molecule has 0 unspecified atom stereocenters. The fraction of sp³-hybridized carbons (Fsp3) is 0.833. The molecule has 0 aliphatic rings. The van der Waals surface area contributed by atoms with Gasteiger partial charge in [0.15, 0.2) is 0 Å². The van der Waals surface area contributed by atoms with E-state index in [2.05, 4.69) is 27.7 Å². The van der Waals surface area contributed by atoms with Crippen molar-refractivity contribution >= 4 is 52.3 Å². The summed E-state index contributed by atoms with van der Waals surface area (Å²) in [5, 5.41) is 0. The van der Waals surface area contributed by atoms with Gasteiger partial charge in [0.25, 0.3) is 0 Å². The van der Waals surface area contributed by atoms with E-state index in [9.17, 15) is 9.59 Å². The molecule has 0 aromatic heterocycles. The third kappa shape index (κ3) is 19.0. The Morgan fingerprint density at radius 3 is 1.03 bits per heavy atom. The topological polar surface area (TPSA) is 52.6 Å². The Hall–Kier alpha value is 0.277. The summed E-state index contributed by atoms with van der Waals surface area (Å²) in [7, 11) is 0. The van der Waals surface area contributed by atoms with E-state index in [1.54, 1.807) is 0 Å². The van der Waals surface area contributed by atoms with E-state index in [-0.39, 0.29) is 11.9 Å². The second kappa shape index (κ2) is 22.5. The molecule has 0 radical (unpaired) electrons. The maximum atomic E-state index is 12.3. The zero-order valence-corrected chi connectivity index (χ0v) is 26.8. The summed E-state index contributed by atoms with van der Waals surface area (Å²) in [5.41, 5.74) is 0. The molecule has 0 aliphatic heterocycles. The molecule has 0 aliphatic carbocycles. The minimum atomic E-state index is -2.29. The molecule has 176 valence electrons. The zero-order valence-electron chi connectivity index (χ0n) is 20.3. The van der Waals surface area contributed by atoms with Crippen LogP contribution in [0.25, 0.3) is 0 Å². The number of hydrogen-bond acceptors (Lipinski definition) is 4. The van der Waals surface area contributed by atoms with E-state index in [1.165, 1.54) is 89.2 Å². The maximum absolute atomic E-state index is 12.3. The molecule has 0 N–H and O–H groups in total. The second-order valence-corrected chi connectivity index (χ2v) is 23.5. The van der Waals surface area contributed by atoms with Crippen molar-refractivity contribution in [1.82, 2.24) is 0 Å². The summed E-state index contributed by atoms with van der Waals surface area (Å²) in [6.07, 6.45) is 17.0. The van der Waals surface area contributed by atoms with E-state index < -0.39 is 40.3 Å². The van der Waals surface area contributed by atoms with Crippen molar-refractivity contribution in [3.8, 4) is 0 Å². The standard InChI is InChI=1S/4C5H11.C4H4O4.2Sn.2H/c4*1-3-5-4-2;5-3(6)1-2-4(7)8;;;;/h4*1,3-5H2,2H3;1-2H,(H,5,6)(H,7,8);;;;/q;;;;;2*+1;;/p-2/b;;;;2-1-;;;;. The number of hydrogen-bond donors (Lipinski definition) is 0. The fourth-order valence-electron chi connectivity index (χ4n) is 3.56. The van der Waals surface area contributed by atoms with Crippen LogP contribution in [0.1, 0.15) is 105 Å². The third-order valence-electron chi connectivity index (χ3n) is 5.44. The van der Waals surface area contributed by atoms with E-state index in [0.717, 1.165) is 17.7 Å². The van der Waals surface area contributed by atoms with Crippen LogP contribution in [0.15, 0.2) is 12.2 Å². The Balaban J connectivity index is 4.54. The number of carbonyl (C=O) groups is 2. The van der Waals surface area contributed by atoms with Gasteiger partial charge in [0, 0.05) is 0 Å². The molecule has 6 heteroatoms. The third-order valence-corrected chi connectivity index (χ3v) is 20.7. The first-order valence-electron chi connectivity index (χ1n) is 12.7.